The second-order valence-electron chi connectivity index (χ2n) is 4.99. The molecular formula is C11H18N4. The Hall–Kier alpha value is -1.32. The van der Waals surface area contributed by atoms with Crippen molar-refractivity contribution in [3.63, 3.8) is 0 Å². The predicted octanol–water partition coefficient (Wildman–Crippen LogP) is 1.88. The van der Waals surface area contributed by atoms with Crippen molar-refractivity contribution in [2.75, 3.05) is 16.8 Å². The van der Waals surface area contributed by atoms with E-state index in [1.807, 2.05) is 0 Å². The van der Waals surface area contributed by atoms with Gasteiger partial charge in [-0.3, -0.25) is 0 Å². The summed E-state index contributed by atoms with van der Waals surface area (Å²) in [6, 6.07) is 0. The molecule has 0 radical (unpaired) electrons. The van der Waals surface area contributed by atoms with Gasteiger partial charge < -0.3 is 9.80 Å². The molecule has 1 aromatic rings. The first-order valence-electron chi connectivity index (χ1n) is 5.26. The molecule has 0 saturated heterocycles. The summed E-state index contributed by atoms with van der Waals surface area (Å²) in [5, 5.41) is 0. The number of rotatable bonds is 0. The first-order valence-corrected chi connectivity index (χ1v) is 5.26. The molecule has 0 aromatic carbocycles. The minimum Gasteiger partial charge on any atom is -0.336 e. The van der Waals surface area contributed by atoms with E-state index in [4.69, 9.17) is 0 Å². The number of nitrogens with zero attached hydrogens (tertiary/aromatic N) is 4. The lowest BCUT2D eigenvalue weighted by Crippen LogP contribution is -2.49. The lowest BCUT2D eigenvalue weighted by Gasteiger charge is -2.37. The monoisotopic (exact) mass is 206 g/mol. The Labute approximate surface area is 90.9 Å². The van der Waals surface area contributed by atoms with Crippen molar-refractivity contribution >= 4 is 11.6 Å². The molecule has 82 valence electrons. The molecule has 0 amide bonds. The third-order valence-electron chi connectivity index (χ3n) is 2.88. The van der Waals surface area contributed by atoms with E-state index in [0.717, 1.165) is 11.6 Å². The summed E-state index contributed by atoms with van der Waals surface area (Å²) < 4.78 is 0. The van der Waals surface area contributed by atoms with Gasteiger partial charge in [0.05, 0.1) is 0 Å². The number of anilines is 2. The van der Waals surface area contributed by atoms with Crippen LogP contribution in [0.2, 0.25) is 0 Å². The van der Waals surface area contributed by atoms with E-state index in [1.165, 1.54) is 0 Å². The lowest BCUT2D eigenvalue weighted by atomic mass is 10.1. The molecule has 1 aliphatic heterocycles. The normalized spacial score (nSPS) is 20.7. The number of hydrogen-bond donors (Lipinski definition) is 0. The zero-order valence-corrected chi connectivity index (χ0v) is 10.0. The zero-order valence-electron chi connectivity index (χ0n) is 10.0. The Morgan fingerprint density at radius 2 is 1.67 bits per heavy atom. The summed E-state index contributed by atoms with van der Waals surface area (Å²) in [7, 11) is 2.06. The summed E-state index contributed by atoms with van der Waals surface area (Å²) in [6.45, 7) is 8.76. The molecule has 15 heavy (non-hydrogen) atoms. The van der Waals surface area contributed by atoms with Crippen LogP contribution < -0.4 is 9.80 Å². The van der Waals surface area contributed by atoms with Gasteiger partial charge in [0.1, 0.15) is 6.17 Å². The van der Waals surface area contributed by atoms with E-state index in [2.05, 4.69) is 54.5 Å². The molecule has 4 nitrogen and oxygen atoms in total. The van der Waals surface area contributed by atoms with Crippen molar-refractivity contribution in [1.29, 1.82) is 0 Å². The Morgan fingerprint density at radius 3 is 2.20 bits per heavy atom. The van der Waals surface area contributed by atoms with Gasteiger partial charge in [-0.05, 0) is 27.7 Å². The second kappa shape index (κ2) is 3.08. The second-order valence-corrected chi connectivity index (χ2v) is 4.99. The van der Waals surface area contributed by atoms with Gasteiger partial charge in [-0.25, -0.2) is 9.97 Å². The third-order valence-corrected chi connectivity index (χ3v) is 2.88. The first kappa shape index (κ1) is 10.2. The fourth-order valence-corrected chi connectivity index (χ4v) is 2.15. The Morgan fingerprint density at radius 1 is 1.13 bits per heavy atom. The minimum atomic E-state index is 0.0644. The van der Waals surface area contributed by atoms with Crippen LogP contribution in [0, 0.1) is 0 Å². The van der Waals surface area contributed by atoms with Crippen LogP contribution in [0.4, 0.5) is 11.6 Å². The van der Waals surface area contributed by atoms with Crippen LogP contribution in [-0.2, 0) is 0 Å². The fraction of sp³-hybridized carbons (Fsp3) is 0.636. The Balaban J connectivity index is 2.52. The van der Waals surface area contributed by atoms with Gasteiger partial charge in [-0.2, -0.15) is 0 Å². The quantitative estimate of drug-likeness (QED) is 0.648. The van der Waals surface area contributed by atoms with Crippen LogP contribution in [0.15, 0.2) is 12.4 Å². The SMILES string of the molecule is CC1N(C)c2nccnc2N1C(C)(C)C. The standard InChI is InChI=1S/C11H18N4/c1-8-14(5)9-10(13-7-6-12-9)15(8)11(2,3)4/h6-8H,1-5H3. The van der Waals surface area contributed by atoms with Crippen molar-refractivity contribution in [2.24, 2.45) is 0 Å². The molecule has 1 atom stereocenters. The maximum absolute atomic E-state index is 4.43. The summed E-state index contributed by atoms with van der Waals surface area (Å²) in [5.74, 6) is 1.96. The largest absolute Gasteiger partial charge is 0.336 e. The topological polar surface area (TPSA) is 32.3 Å². The zero-order chi connectivity index (χ0) is 11.2. The van der Waals surface area contributed by atoms with E-state index in [1.54, 1.807) is 12.4 Å². The van der Waals surface area contributed by atoms with Crippen molar-refractivity contribution in [3.05, 3.63) is 12.4 Å². The fourth-order valence-electron chi connectivity index (χ4n) is 2.15. The van der Waals surface area contributed by atoms with Crippen LogP contribution >= 0.6 is 0 Å². The summed E-state index contributed by atoms with van der Waals surface area (Å²) in [6.07, 6.45) is 3.81. The predicted molar refractivity (Wildman–Crippen MR) is 62.1 cm³/mol. The van der Waals surface area contributed by atoms with Crippen LogP contribution in [0.1, 0.15) is 27.7 Å². The van der Waals surface area contributed by atoms with Crippen LogP contribution in [-0.4, -0.2) is 28.7 Å². The molecule has 0 aliphatic carbocycles. The molecule has 2 heterocycles. The van der Waals surface area contributed by atoms with E-state index < -0.39 is 0 Å². The van der Waals surface area contributed by atoms with E-state index in [-0.39, 0.29) is 5.54 Å². The maximum Gasteiger partial charge on any atom is 0.174 e. The summed E-state index contributed by atoms with van der Waals surface area (Å²) in [5.41, 5.74) is 0.0644. The van der Waals surface area contributed by atoms with Crippen LogP contribution in [0.25, 0.3) is 0 Å². The molecule has 2 rings (SSSR count). The molecule has 0 saturated carbocycles. The van der Waals surface area contributed by atoms with Crippen LogP contribution in [0.3, 0.4) is 0 Å². The average molecular weight is 206 g/mol. The van der Waals surface area contributed by atoms with Crippen LogP contribution in [0.5, 0.6) is 0 Å². The van der Waals surface area contributed by atoms with Crippen molar-refractivity contribution in [2.45, 2.75) is 39.4 Å². The highest BCUT2D eigenvalue weighted by molar-refractivity contribution is 5.70. The molecule has 1 aromatic heterocycles. The van der Waals surface area contributed by atoms with Gasteiger partial charge in [-0.1, -0.05) is 0 Å². The van der Waals surface area contributed by atoms with Gasteiger partial charge >= 0.3 is 0 Å². The number of fused-ring (bicyclic) bond motifs is 1. The number of aromatic nitrogens is 2. The molecule has 0 bridgehead atoms. The number of hydrogen-bond acceptors (Lipinski definition) is 4. The van der Waals surface area contributed by atoms with Crippen molar-refractivity contribution < 1.29 is 0 Å². The van der Waals surface area contributed by atoms with Gasteiger partial charge in [0.25, 0.3) is 0 Å². The molecule has 1 unspecified atom stereocenters. The molecule has 0 N–H and O–H groups in total. The van der Waals surface area contributed by atoms with Gasteiger partial charge in [0.15, 0.2) is 11.6 Å². The average Bonchev–Trinajstić information content (AvgIpc) is 2.39. The Bertz CT molecular complexity index is 369. The van der Waals surface area contributed by atoms with Crippen molar-refractivity contribution in [3.8, 4) is 0 Å². The van der Waals surface area contributed by atoms with E-state index >= 15 is 0 Å². The van der Waals surface area contributed by atoms with E-state index in [0.29, 0.717) is 6.17 Å². The molecular weight excluding hydrogens is 188 g/mol. The highest BCUT2D eigenvalue weighted by Gasteiger charge is 2.38. The van der Waals surface area contributed by atoms with Gasteiger partial charge in [-0.15, -0.1) is 0 Å². The first-order chi connectivity index (χ1) is 6.93. The molecule has 4 heteroatoms. The Kier molecular flexibility index (Phi) is 2.10. The molecule has 0 fully saturated rings. The lowest BCUT2D eigenvalue weighted by molar-refractivity contribution is 0.460. The summed E-state index contributed by atoms with van der Waals surface area (Å²) in [4.78, 5) is 13.3. The van der Waals surface area contributed by atoms with Gasteiger partial charge in [0.2, 0.25) is 0 Å². The minimum absolute atomic E-state index is 0.0644. The van der Waals surface area contributed by atoms with Gasteiger partial charge in [0, 0.05) is 25.0 Å². The highest BCUT2D eigenvalue weighted by Crippen LogP contribution is 2.38. The van der Waals surface area contributed by atoms with Crippen molar-refractivity contribution in [1.82, 2.24) is 9.97 Å². The highest BCUT2D eigenvalue weighted by atomic mass is 15.5. The van der Waals surface area contributed by atoms with E-state index in [9.17, 15) is 0 Å². The summed E-state index contributed by atoms with van der Waals surface area (Å²) >= 11 is 0. The molecule has 0 spiro atoms. The third kappa shape index (κ3) is 1.44. The maximum atomic E-state index is 4.43. The smallest absolute Gasteiger partial charge is 0.174 e. The molecule has 1 aliphatic rings.